The number of rotatable bonds is 5. The van der Waals surface area contributed by atoms with Crippen molar-refractivity contribution in [1.82, 2.24) is 0 Å². The van der Waals surface area contributed by atoms with Gasteiger partial charge in [0.25, 0.3) is 0 Å². The molecule has 5 nitrogen and oxygen atoms in total. The van der Waals surface area contributed by atoms with Crippen LogP contribution < -0.4 is 42.5 Å². The largest absolute Gasteiger partial charge is 1.00 e. The van der Waals surface area contributed by atoms with Gasteiger partial charge in [-0.25, -0.2) is 0 Å². The Morgan fingerprint density at radius 2 is 1.34 bits per heavy atom. The molecule has 0 amide bonds. The van der Waals surface area contributed by atoms with E-state index < -0.39 is 0 Å². The molecule has 0 spiro atoms. The van der Waals surface area contributed by atoms with Crippen LogP contribution in [0, 0.1) is 17.9 Å². The fourth-order valence-electron chi connectivity index (χ4n) is 3.04. The Morgan fingerprint density at radius 3 is 1.90 bits per heavy atom. The Bertz CT molecular complexity index is 1050. The maximum atomic E-state index is 5.72. The number of hydrogen-bond donors (Lipinski definition) is 0. The Balaban J connectivity index is 0.00000300. The van der Waals surface area contributed by atoms with Crippen molar-refractivity contribution in [2.75, 3.05) is 35.5 Å². The molecule has 0 unspecified atom stereocenters. The first-order valence-electron chi connectivity index (χ1n) is 8.55. The molecule has 29 heavy (non-hydrogen) atoms. The van der Waals surface area contributed by atoms with Gasteiger partial charge >= 0.3 is 18.9 Å². The van der Waals surface area contributed by atoms with Gasteiger partial charge in [-0.15, -0.1) is 0 Å². The summed E-state index contributed by atoms with van der Waals surface area (Å²) < 4.78 is 27.9. The molecule has 0 aliphatic carbocycles. The molecule has 0 heterocycles. The van der Waals surface area contributed by atoms with Crippen LogP contribution in [0.3, 0.4) is 0 Å². The monoisotopic (exact) mass is 384 g/mol. The number of methoxy groups -OCH3 is 5. The molecule has 3 aromatic rings. The maximum Gasteiger partial charge on any atom is 1.00 e. The van der Waals surface area contributed by atoms with E-state index in [9.17, 15) is 0 Å². The molecule has 0 N–H and O–H groups in total. The summed E-state index contributed by atoms with van der Waals surface area (Å²) in [4.78, 5) is 0. The van der Waals surface area contributed by atoms with Crippen molar-refractivity contribution >= 4 is 10.8 Å². The van der Waals surface area contributed by atoms with E-state index in [1.54, 1.807) is 35.5 Å². The summed E-state index contributed by atoms with van der Waals surface area (Å²) in [5, 5.41) is 1.32. The van der Waals surface area contributed by atoms with Gasteiger partial charge in [-0.3, -0.25) is 0 Å². The molecule has 0 saturated heterocycles. The van der Waals surface area contributed by atoms with Crippen molar-refractivity contribution < 1.29 is 42.5 Å². The maximum absolute atomic E-state index is 5.72. The van der Waals surface area contributed by atoms with Crippen LogP contribution in [-0.2, 0) is 0 Å². The fourth-order valence-corrected chi connectivity index (χ4v) is 3.04. The van der Waals surface area contributed by atoms with Crippen LogP contribution in [0.15, 0.2) is 36.4 Å². The second kappa shape index (κ2) is 10.0. The average molecular weight is 384 g/mol. The first-order valence-corrected chi connectivity index (χ1v) is 8.55. The SMILES string of the molecule is COc1[c-]c(OC)c2c(OC)cc(C#Cc3ccccc3)c(OC)c2c1OC.[Li+]. The van der Waals surface area contributed by atoms with E-state index in [2.05, 4.69) is 17.9 Å². The van der Waals surface area contributed by atoms with Crippen LogP contribution in [0.5, 0.6) is 28.7 Å². The average Bonchev–Trinajstić information content (AvgIpc) is 2.76. The van der Waals surface area contributed by atoms with Gasteiger partial charge in [0.05, 0.1) is 58.4 Å². The third-order valence-corrected chi connectivity index (χ3v) is 4.28. The van der Waals surface area contributed by atoms with Crippen LogP contribution in [0.25, 0.3) is 10.8 Å². The first kappa shape index (κ1) is 22.4. The fraction of sp³-hybridized carbons (Fsp3) is 0.217. The second-order valence-corrected chi connectivity index (χ2v) is 5.75. The van der Waals surface area contributed by atoms with Gasteiger partial charge in [0.1, 0.15) is 5.75 Å². The molecule has 0 aliphatic heterocycles. The van der Waals surface area contributed by atoms with Crippen molar-refractivity contribution in [3.8, 4) is 40.6 Å². The zero-order chi connectivity index (χ0) is 20.1. The molecule has 0 aliphatic rings. The summed E-state index contributed by atoms with van der Waals surface area (Å²) in [6.07, 6.45) is 0. The third kappa shape index (κ3) is 4.25. The van der Waals surface area contributed by atoms with Gasteiger partial charge in [-0.2, -0.15) is 0 Å². The summed E-state index contributed by atoms with van der Waals surface area (Å²) in [7, 11) is 7.84. The van der Waals surface area contributed by atoms with E-state index >= 15 is 0 Å². The molecule has 3 rings (SSSR count). The molecular weight excluding hydrogens is 363 g/mol. The van der Waals surface area contributed by atoms with Crippen LogP contribution in [0.2, 0.25) is 0 Å². The Hall–Kier alpha value is -2.92. The van der Waals surface area contributed by atoms with Crippen molar-refractivity contribution in [2.24, 2.45) is 0 Å². The normalized spacial score (nSPS) is 9.69. The number of ether oxygens (including phenoxy) is 5. The number of benzene rings is 3. The van der Waals surface area contributed by atoms with Gasteiger partial charge in [0.2, 0.25) is 0 Å². The van der Waals surface area contributed by atoms with E-state index in [1.807, 2.05) is 36.4 Å². The van der Waals surface area contributed by atoms with Gasteiger partial charge in [0.15, 0.2) is 0 Å². The smallest absolute Gasteiger partial charge is 0.550 e. The van der Waals surface area contributed by atoms with E-state index in [0.717, 1.165) is 5.56 Å². The second-order valence-electron chi connectivity index (χ2n) is 5.75. The standard InChI is InChI=1S/C23H21O5.Li/c1-24-17-13-16(12-11-15-9-7-6-8-10-15)22(27-4)21-20(17)18(25-2)14-19(26-3)23(21)28-5;/h6-10,13H,1-5H3;/q-1;+1. The molecule has 0 radical (unpaired) electrons. The van der Waals surface area contributed by atoms with Crippen molar-refractivity contribution in [3.63, 3.8) is 0 Å². The summed E-state index contributed by atoms with van der Waals surface area (Å²) in [5.41, 5.74) is 1.55. The summed E-state index contributed by atoms with van der Waals surface area (Å²) in [5.74, 6) is 8.77. The van der Waals surface area contributed by atoms with Gasteiger partial charge in [-0.05, 0) is 29.0 Å². The molecule has 144 valence electrons. The van der Waals surface area contributed by atoms with Crippen molar-refractivity contribution in [3.05, 3.63) is 53.6 Å². The van der Waals surface area contributed by atoms with Crippen LogP contribution in [0.1, 0.15) is 11.1 Å². The van der Waals surface area contributed by atoms with Crippen molar-refractivity contribution in [2.45, 2.75) is 0 Å². The van der Waals surface area contributed by atoms with E-state index in [0.29, 0.717) is 45.1 Å². The topological polar surface area (TPSA) is 46.2 Å². The Kier molecular flexibility index (Phi) is 7.73. The minimum atomic E-state index is 0. The number of hydrogen-bond acceptors (Lipinski definition) is 5. The predicted molar refractivity (Wildman–Crippen MR) is 108 cm³/mol. The molecule has 0 bridgehead atoms. The minimum Gasteiger partial charge on any atom is -0.550 e. The molecule has 0 fully saturated rings. The summed E-state index contributed by atoms with van der Waals surface area (Å²) >= 11 is 0. The van der Waals surface area contributed by atoms with Gasteiger partial charge < -0.3 is 23.7 Å². The number of fused-ring (bicyclic) bond motifs is 1. The quantitative estimate of drug-likeness (QED) is 0.374. The third-order valence-electron chi connectivity index (χ3n) is 4.28. The van der Waals surface area contributed by atoms with E-state index in [4.69, 9.17) is 23.7 Å². The minimum absolute atomic E-state index is 0. The Morgan fingerprint density at radius 1 is 0.690 bits per heavy atom. The van der Waals surface area contributed by atoms with Gasteiger partial charge in [0, 0.05) is 11.3 Å². The molecule has 0 saturated carbocycles. The zero-order valence-electron chi connectivity index (χ0n) is 17.5. The molecule has 0 atom stereocenters. The molecular formula is C23H21LiO5. The summed E-state index contributed by atoms with van der Waals surface area (Å²) in [6.45, 7) is 0. The van der Waals surface area contributed by atoms with Gasteiger partial charge in [-0.1, -0.05) is 36.1 Å². The molecule has 0 aromatic heterocycles. The van der Waals surface area contributed by atoms with Crippen LogP contribution in [0.4, 0.5) is 0 Å². The van der Waals surface area contributed by atoms with E-state index in [1.165, 1.54) is 0 Å². The van der Waals surface area contributed by atoms with Crippen molar-refractivity contribution in [1.29, 1.82) is 0 Å². The Labute approximate surface area is 183 Å². The zero-order valence-corrected chi connectivity index (χ0v) is 17.5. The van der Waals surface area contributed by atoms with E-state index in [-0.39, 0.29) is 18.9 Å². The molecule has 3 aromatic carbocycles. The summed E-state index contributed by atoms with van der Waals surface area (Å²) in [6, 6.07) is 14.6. The van der Waals surface area contributed by atoms with Crippen LogP contribution in [-0.4, -0.2) is 35.5 Å². The predicted octanol–water partition coefficient (Wildman–Crippen LogP) is 1.09. The first-order chi connectivity index (χ1) is 13.7. The van der Waals surface area contributed by atoms with Crippen LogP contribution >= 0.6 is 0 Å². The molecule has 6 heteroatoms.